The first-order valence-electron chi connectivity index (χ1n) is 5.94. The van der Waals surface area contributed by atoms with E-state index in [2.05, 4.69) is 5.32 Å². The minimum absolute atomic E-state index is 0.00367. The minimum Gasteiger partial charge on any atom is -0.352 e. The lowest BCUT2D eigenvalue weighted by Gasteiger charge is -2.06. The van der Waals surface area contributed by atoms with Crippen molar-refractivity contribution in [2.75, 3.05) is 6.54 Å². The quantitative estimate of drug-likeness (QED) is 0.900. The van der Waals surface area contributed by atoms with Crippen LogP contribution in [0.5, 0.6) is 0 Å². The van der Waals surface area contributed by atoms with Crippen molar-refractivity contribution in [2.24, 2.45) is 0 Å². The zero-order valence-electron chi connectivity index (χ0n) is 10.2. The van der Waals surface area contributed by atoms with Gasteiger partial charge in [-0.05, 0) is 30.2 Å². The Morgan fingerprint density at radius 3 is 2.26 bits per heavy atom. The van der Waals surface area contributed by atoms with Gasteiger partial charge in [0.2, 0.25) is 0 Å². The molecule has 2 rings (SSSR count). The van der Waals surface area contributed by atoms with Gasteiger partial charge in [-0.3, -0.25) is 4.79 Å². The highest BCUT2D eigenvalue weighted by atomic mass is 19.1. The zero-order valence-corrected chi connectivity index (χ0v) is 10.2. The first-order chi connectivity index (χ1) is 9.18. The van der Waals surface area contributed by atoms with Crippen LogP contribution in [0.1, 0.15) is 15.9 Å². The number of hydrogen-bond acceptors (Lipinski definition) is 1. The molecule has 19 heavy (non-hydrogen) atoms. The third-order valence-corrected chi connectivity index (χ3v) is 2.76. The highest BCUT2D eigenvalue weighted by Gasteiger charge is 2.10. The second-order valence-electron chi connectivity index (χ2n) is 4.08. The lowest BCUT2D eigenvalue weighted by molar-refractivity contribution is 0.0950. The number of benzene rings is 2. The van der Waals surface area contributed by atoms with E-state index in [9.17, 15) is 13.6 Å². The van der Waals surface area contributed by atoms with Gasteiger partial charge in [0.1, 0.15) is 11.6 Å². The highest BCUT2D eigenvalue weighted by molar-refractivity contribution is 5.94. The Kier molecular flexibility index (Phi) is 4.23. The van der Waals surface area contributed by atoms with Gasteiger partial charge in [-0.1, -0.05) is 30.3 Å². The molecule has 0 aromatic heterocycles. The molecule has 0 bridgehead atoms. The normalized spacial score (nSPS) is 10.2. The Morgan fingerprint density at radius 1 is 0.947 bits per heavy atom. The van der Waals surface area contributed by atoms with Crippen LogP contribution >= 0.6 is 0 Å². The average molecular weight is 261 g/mol. The van der Waals surface area contributed by atoms with Crippen molar-refractivity contribution in [1.82, 2.24) is 5.32 Å². The predicted molar refractivity (Wildman–Crippen MR) is 68.8 cm³/mol. The van der Waals surface area contributed by atoms with E-state index in [4.69, 9.17) is 0 Å². The summed E-state index contributed by atoms with van der Waals surface area (Å²) >= 11 is 0. The fraction of sp³-hybridized carbons (Fsp3) is 0.133. The maximum absolute atomic E-state index is 13.3. The molecule has 2 aromatic carbocycles. The number of nitrogens with one attached hydrogen (secondary N) is 1. The first kappa shape index (κ1) is 13.2. The maximum Gasteiger partial charge on any atom is 0.254 e. The van der Waals surface area contributed by atoms with E-state index in [1.54, 1.807) is 24.3 Å². The van der Waals surface area contributed by atoms with E-state index in [0.29, 0.717) is 12.0 Å². The van der Waals surface area contributed by atoms with Gasteiger partial charge >= 0.3 is 0 Å². The molecule has 4 heteroatoms. The molecular formula is C15H13F2NO. The van der Waals surface area contributed by atoms with E-state index in [0.717, 1.165) is 0 Å². The topological polar surface area (TPSA) is 29.1 Å². The summed E-state index contributed by atoms with van der Waals surface area (Å²) < 4.78 is 26.7. The molecule has 0 saturated heterocycles. The molecule has 0 spiro atoms. The second kappa shape index (κ2) is 6.09. The third-order valence-electron chi connectivity index (χ3n) is 2.76. The molecule has 0 aliphatic rings. The van der Waals surface area contributed by atoms with Crippen LogP contribution in [0.4, 0.5) is 8.78 Å². The Balaban J connectivity index is 1.92. The predicted octanol–water partition coefficient (Wildman–Crippen LogP) is 2.94. The molecule has 0 heterocycles. The SMILES string of the molecule is O=C(NCCc1ccccc1F)c1ccccc1F. The summed E-state index contributed by atoms with van der Waals surface area (Å²) in [7, 11) is 0. The zero-order chi connectivity index (χ0) is 13.7. The van der Waals surface area contributed by atoms with Crippen molar-refractivity contribution in [1.29, 1.82) is 0 Å². The summed E-state index contributed by atoms with van der Waals surface area (Å²) in [6, 6.07) is 12.1. The fourth-order valence-corrected chi connectivity index (χ4v) is 1.75. The highest BCUT2D eigenvalue weighted by Crippen LogP contribution is 2.08. The number of amides is 1. The summed E-state index contributed by atoms with van der Waals surface area (Å²) in [5.41, 5.74) is 0.521. The Labute approximate surface area is 110 Å². The summed E-state index contributed by atoms with van der Waals surface area (Å²) in [6.07, 6.45) is 0.368. The van der Waals surface area contributed by atoms with Gasteiger partial charge in [-0.15, -0.1) is 0 Å². The van der Waals surface area contributed by atoms with Crippen molar-refractivity contribution in [3.05, 3.63) is 71.3 Å². The van der Waals surface area contributed by atoms with E-state index >= 15 is 0 Å². The van der Waals surface area contributed by atoms with Gasteiger partial charge in [0, 0.05) is 6.54 Å². The van der Waals surface area contributed by atoms with Crippen LogP contribution in [-0.4, -0.2) is 12.5 Å². The van der Waals surface area contributed by atoms with Gasteiger partial charge in [0.15, 0.2) is 0 Å². The average Bonchev–Trinajstić information content (AvgIpc) is 2.41. The number of hydrogen-bond donors (Lipinski definition) is 1. The maximum atomic E-state index is 13.3. The van der Waals surface area contributed by atoms with Crippen LogP contribution in [-0.2, 0) is 6.42 Å². The molecule has 2 aromatic rings. The molecule has 2 nitrogen and oxygen atoms in total. The molecule has 0 aliphatic heterocycles. The van der Waals surface area contributed by atoms with Gasteiger partial charge < -0.3 is 5.32 Å². The smallest absolute Gasteiger partial charge is 0.254 e. The lowest BCUT2D eigenvalue weighted by Crippen LogP contribution is -2.26. The van der Waals surface area contributed by atoms with Crippen LogP contribution < -0.4 is 5.32 Å². The van der Waals surface area contributed by atoms with Crippen molar-refractivity contribution in [3.8, 4) is 0 Å². The fourth-order valence-electron chi connectivity index (χ4n) is 1.75. The number of carbonyl (C=O) groups excluding carboxylic acids is 1. The second-order valence-corrected chi connectivity index (χ2v) is 4.08. The third kappa shape index (κ3) is 3.37. The summed E-state index contributed by atoms with van der Waals surface area (Å²) in [5.74, 6) is -1.36. The van der Waals surface area contributed by atoms with E-state index in [-0.39, 0.29) is 17.9 Å². The van der Waals surface area contributed by atoms with E-state index in [1.807, 2.05) is 0 Å². The van der Waals surface area contributed by atoms with Gasteiger partial charge in [0.25, 0.3) is 5.91 Å². The van der Waals surface area contributed by atoms with Crippen LogP contribution in [0.25, 0.3) is 0 Å². The first-order valence-corrected chi connectivity index (χ1v) is 5.94. The number of carbonyl (C=O) groups is 1. The minimum atomic E-state index is -0.564. The van der Waals surface area contributed by atoms with Crippen LogP contribution in [0, 0.1) is 11.6 Å². The van der Waals surface area contributed by atoms with Crippen LogP contribution in [0.15, 0.2) is 48.5 Å². The molecule has 0 atom stereocenters. The summed E-state index contributed by atoms with van der Waals surface area (Å²) in [6.45, 7) is 0.258. The lowest BCUT2D eigenvalue weighted by atomic mass is 10.1. The summed E-state index contributed by atoms with van der Waals surface area (Å²) in [5, 5.41) is 2.57. The molecule has 0 aliphatic carbocycles. The van der Waals surface area contributed by atoms with Gasteiger partial charge in [-0.2, -0.15) is 0 Å². The van der Waals surface area contributed by atoms with Crippen molar-refractivity contribution >= 4 is 5.91 Å². The van der Waals surface area contributed by atoms with Crippen molar-refractivity contribution in [2.45, 2.75) is 6.42 Å². The van der Waals surface area contributed by atoms with Gasteiger partial charge in [0.05, 0.1) is 5.56 Å². The van der Waals surface area contributed by atoms with Crippen molar-refractivity contribution in [3.63, 3.8) is 0 Å². The van der Waals surface area contributed by atoms with E-state index < -0.39 is 11.7 Å². The van der Waals surface area contributed by atoms with Gasteiger partial charge in [-0.25, -0.2) is 8.78 Å². The van der Waals surface area contributed by atoms with Crippen LogP contribution in [0.2, 0.25) is 0 Å². The molecule has 0 radical (unpaired) electrons. The monoisotopic (exact) mass is 261 g/mol. The summed E-state index contributed by atoms with van der Waals surface area (Å²) in [4.78, 5) is 11.7. The molecule has 1 amide bonds. The Hall–Kier alpha value is -2.23. The molecule has 0 fully saturated rings. The van der Waals surface area contributed by atoms with E-state index in [1.165, 1.54) is 24.3 Å². The number of halogens is 2. The molecule has 1 N–H and O–H groups in total. The Morgan fingerprint density at radius 2 is 1.58 bits per heavy atom. The molecular weight excluding hydrogens is 248 g/mol. The molecule has 0 unspecified atom stereocenters. The molecule has 98 valence electrons. The number of rotatable bonds is 4. The molecule has 0 saturated carbocycles. The Bertz CT molecular complexity index is 584. The van der Waals surface area contributed by atoms with Crippen LogP contribution in [0.3, 0.4) is 0 Å². The largest absolute Gasteiger partial charge is 0.352 e. The van der Waals surface area contributed by atoms with Crippen molar-refractivity contribution < 1.29 is 13.6 Å². The standard InChI is InChI=1S/C15H13F2NO/c16-13-7-3-1-5-11(13)9-10-18-15(19)12-6-2-4-8-14(12)17/h1-8H,9-10H2,(H,18,19).